The summed E-state index contributed by atoms with van der Waals surface area (Å²) < 4.78 is 0. The highest BCUT2D eigenvalue weighted by molar-refractivity contribution is 5.09. The molecule has 1 N–H and O–H groups in total. The van der Waals surface area contributed by atoms with Crippen molar-refractivity contribution in [2.24, 2.45) is 0 Å². The molecule has 0 saturated carbocycles. The summed E-state index contributed by atoms with van der Waals surface area (Å²) in [5, 5.41) is 3.50. The summed E-state index contributed by atoms with van der Waals surface area (Å²) in [4.78, 5) is 6.81. The number of hydrogen-bond donors (Lipinski definition) is 1. The van der Waals surface area contributed by atoms with Crippen LogP contribution in [0.15, 0.2) is 18.2 Å². The Bertz CT molecular complexity index is 325. The van der Waals surface area contributed by atoms with E-state index in [4.69, 9.17) is 0 Å². The Hall–Kier alpha value is -0.930. The molecule has 0 aromatic carbocycles. The highest BCUT2D eigenvalue weighted by Crippen LogP contribution is 2.01. The van der Waals surface area contributed by atoms with Crippen LogP contribution in [0, 0.1) is 6.92 Å². The number of aromatic nitrogens is 1. The average molecular weight is 235 g/mol. The first-order chi connectivity index (χ1) is 8.11. The Morgan fingerprint density at radius 1 is 1.41 bits per heavy atom. The first-order valence-electron chi connectivity index (χ1n) is 6.46. The van der Waals surface area contributed by atoms with Crippen LogP contribution in [-0.2, 0) is 6.54 Å². The minimum atomic E-state index is 0.612. The summed E-state index contributed by atoms with van der Waals surface area (Å²) in [7, 11) is 2.14. The Labute approximate surface area is 105 Å². The van der Waals surface area contributed by atoms with E-state index in [1.165, 1.54) is 6.42 Å². The lowest BCUT2D eigenvalue weighted by Gasteiger charge is -2.18. The van der Waals surface area contributed by atoms with E-state index in [1.54, 1.807) is 0 Å². The first-order valence-corrected chi connectivity index (χ1v) is 6.46. The monoisotopic (exact) mass is 235 g/mol. The van der Waals surface area contributed by atoms with Gasteiger partial charge in [0.2, 0.25) is 0 Å². The third-order valence-electron chi connectivity index (χ3n) is 2.98. The van der Waals surface area contributed by atoms with Crippen molar-refractivity contribution in [2.45, 2.75) is 39.8 Å². The van der Waals surface area contributed by atoms with Gasteiger partial charge in [-0.05, 0) is 39.4 Å². The van der Waals surface area contributed by atoms with E-state index in [2.05, 4.69) is 48.2 Å². The highest BCUT2D eigenvalue weighted by atomic mass is 15.1. The first kappa shape index (κ1) is 14.1. The van der Waals surface area contributed by atoms with E-state index in [0.29, 0.717) is 6.04 Å². The van der Waals surface area contributed by atoms with Crippen molar-refractivity contribution in [3.05, 3.63) is 29.6 Å². The van der Waals surface area contributed by atoms with Gasteiger partial charge in [-0.2, -0.15) is 0 Å². The van der Waals surface area contributed by atoms with E-state index in [1.807, 2.05) is 13.0 Å². The van der Waals surface area contributed by atoms with Gasteiger partial charge in [0, 0.05) is 31.4 Å². The van der Waals surface area contributed by atoms with Crippen molar-refractivity contribution < 1.29 is 0 Å². The van der Waals surface area contributed by atoms with E-state index in [-0.39, 0.29) is 0 Å². The third-order valence-corrected chi connectivity index (χ3v) is 2.98. The summed E-state index contributed by atoms with van der Waals surface area (Å²) in [6.45, 7) is 9.48. The van der Waals surface area contributed by atoms with Crippen LogP contribution >= 0.6 is 0 Å². The molecule has 96 valence electrons. The number of nitrogens with zero attached hydrogens (tertiary/aromatic N) is 2. The van der Waals surface area contributed by atoms with Crippen LogP contribution in [0.1, 0.15) is 31.7 Å². The van der Waals surface area contributed by atoms with Gasteiger partial charge >= 0.3 is 0 Å². The maximum atomic E-state index is 4.51. The van der Waals surface area contributed by atoms with E-state index in [0.717, 1.165) is 31.0 Å². The van der Waals surface area contributed by atoms with E-state index in [9.17, 15) is 0 Å². The normalized spacial score (nSPS) is 13.0. The van der Waals surface area contributed by atoms with Gasteiger partial charge in [-0.25, -0.2) is 0 Å². The predicted octanol–water partition coefficient (Wildman–Crippen LogP) is 2.21. The summed E-state index contributed by atoms with van der Waals surface area (Å²) in [6, 6.07) is 6.81. The molecule has 0 spiro atoms. The molecule has 1 aromatic heterocycles. The van der Waals surface area contributed by atoms with Crippen LogP contribution in [0.3, 0.4) is 0 Å². The number of nitrogens with one attached hydrogen (secondary N) is 1. The van der Waals surface area contributed by atoms with Crippen molar-refractivity contribution in [3.63, 3.8) is 0 Å². The van der Waals surface area contributed by atoms with Crippen LogP contribution in [0.2, 0.25) is 0 Å². The minimum absolute atomic E-state index is 0.612. The molecular weight excluding hydrogens is 210 g/mol. The number of likely N-dealkylation sites (N-methyl/N-ethyl adjacent to an activating group) is 1. The maximum Gasteiger partial charge on any atom is 0.0547 e. The third kappa shape index (κ3) is 5.80. The van der Waals surface area contributed by atoms with Crippen LogP contribution in [0.4, 0.5) is 0 Å². The lowest BCUT2D eigenvalue weighted by molar-refractivity contribution is 0.314. The zero-order valence-corrected chi connectivity index (χ0v) is 11.5. The molecule has 0 aliphatic heterocycles. The molecule has 0 radical (unpaired) electrons. The molecule has 0 fully saturated rings. The molecule has 0 amide bonds. The lowest BCUT2D eigenvalue weighted by Crippen LogP contribution is -2.33. The Morgan fingerprint density at radius 3 is 2.82 bits per heavy atom. The molecule has 0 bridgehead atoms. The fourth-order valence-corrected chi connectivity index (χ4v) is 1.69. The Balaban J connectivity index is 2.27. The molecule has 1 atom stereocenters. The van der Waals surface area contributed by atoms with Gasteiger partial charge in [-0.1, -0.05) is 13.0 Å². The fourth-order valence-electron chi connectivity index (χ4n) is 1.69. The fraction of sp³-hybridized carbons (Fsp3) is 0.643. The van der Waals surface area contributed by atoms with Crippen LogP contribution in [0.5, 0.6) is 0 Å². The SMILES string of the molecule is CCC(C)NCCN(C)Cc1cccc(C)n1. The molecule has 1 aromatic rings. The van der Waals surface area contributed by atoms with Gasteiger partial charge in [0.1, 0.15) is 0 Å². The quantitative estimate of drug-likeness (QED) is 0.785. The second kappa shape index (κ2) is 7.41. The summed E-state index contributed by atoms with van der Waals surface area (Å²) in [5.41, 5.74) is 2.24. The van der Waals surface area contributed by atoms with Crippen molar-refractivity contribution in [3.8, 4) is 0 Å². The van der Waals surface area contributed by atoms with Gasteiger partial charge in [0.25, 0.3) is 0 Å². The zero-order valence-electron chi connectivity index (χ0n) is 11.5. The molecular formula is C14H25N3. The molecule has 1 unspecified atom stereocenters. The molecule has 1 rings (SSSR count). The Kier molecular flexibility index (Phi) is 6.16. The molecule has 3 nitrogen and oxygen atoms in total. The summed E-state index contributed by atoms with van der Waals surface area (Å²) in [6.07, 6.45) is 1.18. The van der Waals surface area contributed by atoms with E-state index >= 15 is 0 Å². The van der Waals surface area contributed by atoms with Crippen molar-refractivity contribution in [1.82, 2.24) is 15.2 Å². The maximum absolute atomic E-state index is 4.51. The molecule has 0 aliphatic rings. The van der Waals surface area contributed by atoms with Crippen LogP contribution < -0.4 is 5.32 Å². The largest absolute Gasteiger partial charge is 0.313 e. The molecule has 0 saturated heterocycles. The van der Waals surface area contributed by atoms with Crippen molar-refractivity contribution >= 4 is 0 Å². The molecule has 3 heteroatoms. The summed E-state index contributed by atoms with van der Waals surface area (Å²) >= 11 is 0. The smallest absolute Gasteiger partial charge is 0.0547 e. The second-order valence-electron chi connectivity index (χ2n) is 4.77. The standard InChI is InChI=1S/C14H25N3/c1-5-12(2)15-9-10-17(4)11-14-8-6-7-13(3)16-14/h6-8,12,15H,5,9-11H2,1-4H3. The lowest BCUT2D eigenvalue weighted by atomic mass is 10.2. The molecule has 17 heavy (non-hydrogen) atoms. The van der Waals surface area contributed by atoms with Gasteiger partial charge < -0.3 is 5.32 Å². The zero-order chi connectivity index (χ0) is 12.7. The average Bonchev–Trinajstić information content (AvgIpc) is 2.28. The minimum Gasteiger partial charge on any atom is -0.313 e. The van der Waals surface area contributed by atoms with E-state index < -0.39 is 0 Å². The van der Waals surface area contributed by atoms with Crippen molar-refractivity contribution in [2.75, 3.05) is 20.1 Å². The number of aryl methyl sites for hydroxylation is 1. The van der Waals surface area contributed by atoms with Crippen molar-refractivity contribution in [1.29, 1.82) is 0 Å². The van der Waals surface area contributed by atoms with Crippen LogP contribution in [-0.4, -0.2) is 36.1 Å². The highest BCUT2D eigenvalue weighted by Gasteiger charge is 2.02. The van der Waals surface area contributed by atoms with Crippen LogP contribution in [0.25, 0.3) is 0 Å². The van der Waals surface area contributed by atoms with Gasteiger partial charge in [0.15, 0.2) is 0 Å². The number of pyridine rings is 1. The summed E-state index contributed by atoms with van der Waals surface area (Å²) in [5.74, 6) is 0. The second-order valence-corrected chi connectivity index (χ2v) is 4.77. The predicted molar refractivity (Wildman–Crippen MR) is 73.1 cm³/mol. The number of hydrogen-bond acceptors (Lipinski definition) is 3. The van der Waals surface area contributed by atoms with Gasteiger partial charge in [0.05, 0.1) is 5.69 Å². The number of rotatable bonds is 7. The topological polar surface area (TPSA) is 28.2 Å². The molecule has 1 heterocycles. The Morgan fingerprint density at radius 2 is 2.18 bits per heavy atom. The molecule has 0 aliphatic carbocycles. The van der Waals surface area contributed by atoms with Gasteiger partial charge in [-0.15, -0.1) is 0 Å². The van der Waals surface area contributed by atoms with Gasteiger partial charge in [-0.3, -0.25) is 9.88 Å².